The van der Waals surface area contributed by atoms with E-state index in [0.29, 0.717) is 17.8 Å². The Bertz CT molecular complexity index is 974. The van der Waals surface area contributed by atoms with Crippen LogP contribution in [0.2, 0.25) is 0 Å². The topological polar surface area (TPSA) is 56.1 Å². The van der Waals surface area contributed by atoms with Crippen LogP contribution in [0.5, 0.6) is 0 Å². The van der Waals surface area contributed by atoms with Crippen molar-refractivity contribution in [3.05, 3.63) is 77.9 Å². The number of amides is 1. The molecule has 0 bridgehead atoms. The Morgan fingerprint density at radius 3 is 2.54 bits per heavy atom. The van der Waals surface area contributed by atoms with E-state index < -0.39 is 0 Å². The summed E-state index contributed by atoms with van der Waals surface area (Å²) < 4.78 is 0. The molecular formula is C22H21N3O. The van der Waals surface area contributed by atoms with E-state index in [1.54, 1.807) is 24.3 Å². The molecule has 1 amide bonds. The third-order valence-corrected chi connectivity index (χ3v) is 4.59. The summed E-state index contributed by atoms with van der Waals surface area (Å²) in [6.07, 6.45) is 0. The van der Waals surface area contributed by atoms with Gasteiger partial charge in [0.25, 0.3) is 0 Å². The van der Waals surface area contributed by atoms with Crippen LogP contribution < -0.4 is 5.32 Å². The molecule has 0 radical (unpaired) electrons. The quantitative estimate of drug-likeness (QED) is 0.756. The van der Waals surface area contributed by atoms with E-state index >= 15 is 0 Å². The molecule has 0 saturated carbocycles. The van der Waals surface area contributed by atoms with Gasteiger partial charge in [-0.05, 0) is 48.5 Å². The van der Waals surface area contributed by atoms with Crippen molar-refractivity contribution in [2.45, 2.75) is 19.5 Å². The van der Waals surface area contributed by atoms with Crippen LogP contribution in [0.15, 0.2) is 66.7 Å². The number of carbonyl (C=O) groups excluding carboxylic acids is 1. The zero-order valence-corrected chi connectivity index (χ0v) is 14.9. The number of hydrogen-bond donors (Lipinski definition) is 1. The monoisotopic (exact) mass is 343 g/mol. The summed E-state index contributed by atoms with van der Waals surface area (Å²) in [4.78, 5) is 14.6. The van der Waals surface area contributed by atoms with Gasteiger partial charge in [0.05, 0.1) is 17.3 Å². The number of benzene rings is 3. The summed E-state index contributed by atoms with van der Waals surface area (Å²) in [5, 5.41) is 14.4. The molecule has 26 heavy (non-hydrogen) atoms. The van der Waals surface area contributed by atoms with E-state index in [2.05, 4.69) is 41.7 Å². The van der Waals surface area contributed by atoms with Crippen LogP contribution in [0.1, 0.15) is 18.1 Å². The summed E-state index contributed by atoms with van der Waals surface area (Å²) in [6, 6.07) is 23.4. The normalized spacial score (nSPS) is 11.9. The summed E-state index contributed by atoms with van der Waals surface area (Å²) in [6.45, 7) is 2.53. The van der Waals surface area contributed by atoms with Gasteiger partial charge in [-0.3, -0.25) is 9.69 Å². The number of para-hydroxylation sites is 1. The minimum Gasteiger partial charge on any atom is -0.324 e. The fraction of sp³-hybridized carbons (Fsp3) is 0.182. The van der Waals surface area contributed by atoms with Crippen molar-refractivity contribution in [2.24, 2.45) is 0 Å². The average molecular weight is 343 g/mol. The Kier molecular flexibility index (Phi) is 5.31. The van der Waals surface area contributed by atoms with Crippen LogP contribution in [-0.2, 0) is 11.3 Å². The molecule has 3 aromatic rings. The first-order valence-corrected chi connectivity index (χ1v) is 8.56. The van der Waals surface area contributed by atoms with E-state index in [0.717, 1.165) is 5.56 Å². The van der Waals surface area contributed by atoms with E-state index in [-0.39, 0.29) is 11.9 Å². The molecule has 0 heterocycles. The molecule has 1 N–H and O–H groups in total. The number of fused-ring (bicyclic) bond motifs is 1. The zero-order valence-electron chi connectivity index (χ0n) is 14.9. The van der Waals surface area contributed by atoms with Crippen molar-refractivity contribution in [1.82, 2.24) is 4.90 Å². The summed E-state index contributed by atoms with van der Waals surface area (Å²) in [5.74, 6) is -0.129. The van der Waals surface area contributed by atoms with Crippen LogP contribution >= 0.6 is 0 Å². The number of carbonyl (C=O) groups is 1. The largest absolute Gasteiger partial charge is 0.324 e. The number of likely N-dealkylation sites (N-methyl/N-ethyl adjacent to an activating group) is 1. The maximum Gasteiger partial charge on any atom is 0.241 e. The lowest BCUT2D eigenvalue weighted by atomic mass is 10.1. The van der Waals surface area contributed by atoms with Crippen molar-refractivity contribution in [1.29, 1.82) is 5.26 Å². The van der Waals surface area contributed by atoms with Gasteiger partial charge in [0, 0.05) is 6.54 Å². The Labute approximate surface area is 153 Å². The van der Waals surface area contributed by atoms with Crippen molar-refractivity contribution < 1.29 is 4.79 Å². The molecular weight excluding hydrogens is 322 g/mol. The second-order valence-corrected chi connectivity index (χ2v) is 6.42. The minimum atomic E-state index is -0.326. The lowest BCUT2D eigenvalue weighted by Gasteiger charge is -2.24. The van der Waals surface area contributed by atoms with Crippen molar-refractivity contribution in [2.75, 3.05) is 12.4 Å². The molecule has 4 heteroatoms. The third kappa shape index (κ3) is 3.90. The molecule has 1 atom stereocenters. The highest BCUT2D eigenvalue weighted by atomic mass is 16.2. The molecule has 130 valence electrons. The fourth-order valence-electron chi connectivity index (χ4n) is 2.89. The number of rotatable bonds is 5. The van der Waals surface area contributed by atoms with Gasteiger partial charge in [-0.2, -0.15) is 5.26 Å². The lowest BCUT2D eigenvalue weighted by Crippen LogP contribution is -2.39. The van der Waals surface area contributed by atoms with Crippen molar-refractivity contribution >= 4 is 22.4 Å². The van der Waals surface area contributed by atoms with E-state index in [1.807, 2.05) is 31.0 Å². The van der Waals surface area contributed by atoms with Gasteiger partial charge in [-0.25, -0.2) is 0 Å². The Hall–Kier alpha value is -3.16. The predicted octanol–water partition coefficient (Wildman–Crippen LogP) is 4.17. The fourth-order valence-corrected chi connectivity index (χ4v) is 2.89. The molecule has 0 saturated heterocycles. The van der Waals surface area contributed by atoms with Crippen molar-refractivity contribution in [3.63, 3.8) is 0 Å². The molecule has 3 rings (SSSR count). The molecule has 0 spiro atoms. The van der Waals surface area contributed by atoms with Gasteiger partial charge in [-0.15, -0.1) is 0 Å². The molecule has 0 aliphatic heterocycles. The van der Waals surface area contributed by atoms with E-state index in [4.69, 9.17) is 5.26 Å². The highest BCUT2D eigenvalue weighted by Crippen LogP contribution is 2.18. The maximum atomic E-state index is 12.6. The second-order valence-electron chi connectivity index (χ2n) is 6.42. The summed E-state index contributed by atoms with van der Waals surface area (Å²) >= 11 is 0. The van der Waals surface area contributed by atoms with Gasteiger partial charge in [0.2, 0.25) is 5.91 Å². The van der Waals surface area contributed by atoms with Crippen molar-refractivity contribution in [3.8, 4) is 6.07 Å². The summed E-state index contributed by atoms with van der Waals surface area (Å²) in [7, 11) is 1.93. The van der Waals surface area contributed by atoms with Gasteiger partial charge in [0.15, 0.2) is 0 Å². The minimum absolute atomic E-state index is 0.129. The molecule has 0 fully saturated rings. The number of hydrogen-bond acceptors (Lipinski definition) is 3. The van der Waals surface area contributed by atoms with Crippen LogP contribution in [0.4, 0.5) is 5.69 Å². The third-order valence-electron chi connectivity index (χ3n) is 4.59. The Balaban J connectivity index is 1.69. The SMILES string of the molecule is CC(C(=O)Nc1ccccc1C#N)N(C)Cc1ccc2ccccc2c1. The molecule has 0 aromatic heterocycles. The Morgan fingerprint density at radius 1 is 1.08 bits per heavy atom. The molecule has 4 nitrogen and oxygen atoms in total. The predicted molar refractivity (Wildman–Crippen MR) is 105 cm³/mol. The van der Waals surface area contributed by atoms with Gasteiger partial charge in [-0.1, -0.05) is 48.5 Å². The first-order valence-electron chi connectivity index (χ1n) is 8.56. The average Bonchev–Trinajstić information content (AvgIpc) is 2.67. The second kappa shape index (κ2) is 7.81. The van der Waals surface area contributed by atoms with Crippen LogP contribution in [0.3, 0.4) is 0 Å². The van der Waals surface area contributed by atoms with Gasteiger partial charge >= 0.3 is 0 Å². The summed E-state index contributed by atoms with van der Waals surface area (Å²) in [5.41, 5.74) is 2.17. The van der Waals surface area contributed by atoms with Gasteiger partial charge in [0.1, 0.15) is 6.07 Å². The first kappa shape index (κ1) is 17.7. The lowest BCUT2D eigenvalue weighted by molar-refractivity contribution is -0.120. The first-order chi connectivity index (χ1) is 12.6. The van der Waals surface area contributed by atoms with Crippen LogP contribution in [0.25, 0.3) is 10.8 Å². The smallest absolute Gasteiger partial charge is 0.241 e. The number of nitrogens with one attached hydrogen (secondary N) is 1. The molecule has 0 aliphatic carbocycles. The van der Waals surface area contributed by atoms with Gasteiger partial charge < -0.3 is 5.32 Å². The van der Waals surface area contributed by atoms with Crippen LogP contribution in [0, 0.1) is 11.3 Å². The standard InChI is InChI=1S/C22H21N3O/c1-16(22(26)24-21-10-6-5-9-20(21)14-23)25(2)15-17-11-12-18-7-3-4-8-19(18)13-17/h3-13,16H,15H2,1-2H3,(H,24,26). The highest BCUT2D eigenvalue weighted by molar-refractivity contribution is 5.95. The van der Waals surface area contributed by atoms with E-state index in [9.17, 15) is 4.79 Å². The zero-order chi connectivity index (χ0) is 18.5. The highest BCUT2D eigenvalue weighted by Gasteiger charge is 2.19. The number of nitrogens with zero attached hydrogens (tertiary/aromatic N) is 2. The number of anilines is 1. The maximum absolute atomic E-state index is 12.6. The van der Waals surface area contributed by atoms with Crippen LogP contribution in [-0.4, -0.2) is 23.9 Å². The Morgan fingerprint density at radius 2 is 1.77 bits per heavy atom. The number of nitriles is 1. The van der Waals surface area contributed by atoms with E-state index in [1.165, 1.54) is 10.8 Å². The molecule has 1 unspecified atom stereocenters. The molecule has 0 aliphatic rings. The molecule has 3 aromatic carbocycles.